The van der Waals surface area contributed by atoms with Crippen molar-refractivity contribution in [1.29, 1.82) is 0 Å². The molecule has 21 heavy (non-hydrogen) atoms. The maximum atomic E-state index is 12.1. The molecule has 2 rings (SSSR count). The van der Waals surface area contributed by atoms with Crippen molar-refractivity contribution in [2.24, 2.45) is 0 Å². The Bertz CT molecular complexity index is 451. The van der Waals surface area contributed by atoms with Gasteiger partial charge in [0.05, 0.1) is 12.8 Å². The molecule has 0 saturated carbocycles. The van der Waals surface area contributed by atoms with Crippen LogP contribution in [-0.2, 0) is 4.79 Å². The number of hydrogen-bond donors (Lipinski definition) is 1. The van der Waals surface area contributed by atoms with Gasteiger partial charge in [-0.25, -0.2) is 0 Å². The normalized spacial score (nSPS) is 15.3. The molecule has 0 radical (unpaired) electrons. The molecule has 1 aromatic heterocycles. The molecule has 0 aromatic carbocycles. The fourth-order valence-corrected chi connectivity index (χ4v) is 2.32. The van der Waals surface area contributed by atoms with Crippen LogP contribution in [0, 0.1) is 0 Å². The smallest absolute Gasteiger partial charge is 0.289 e. The van der Waals surface area contributed by atoms with E-state index in [0.29, 0.717) is 38.5 Å². The summed E-state index contributed by atoms with van der Waals surface area (Å²) < 4.78 is 5.12. The van der Waals surface area contributed by atoms with Gasteiger partial charge in [-0.1, -0.05) is 13.3 Å². The van der Waals surface area contributed by atoms with Crippen molar-refractivity contribution >= 4 is 11.8 Å². The summed E-state index contributed by atoms with van der Waals surface area (Å²) in [5, 5.41) is 3.15. The number of furan rings is 1. The second-order valence-electron chi connectivity index (χ2n) is 5.18. The van der Waals surface area contributed by atoms with E-state index < -0.39 is 0 Å². The fourth-order valence-electron chi connectivity index (χ4n) is 2.32. The minimum atomic E-state index is -0.104. The summed E-state index contributed by atoms with van der Waals surface area (Å²) in [5.41, 5.74) is 0. The van der Waals surface area contributed by atoms with Gasteiger partial charge < -0.3 is 19.5 Å². The first-order valence-corrected chi connectivity index (χ1v) is 7.53. The lowest BCUT2D eigenvalue weighted by molar-refractivity contribution is -0.131. The van der Waals surface area contributed by atoms with E-state index in [2.05, 4.69) is 12.2 Å². The first-order chi connectivity index (χ1) is 10.2. The third-order valence-corrected chi connectivity index (χ3v) is 3.63. The quantitative estimate of drug-likeness (QED) is 0.793. The molecule has 0 spiro atoms. The summed E-state index contributed by atoms with van der Waals surface area (Å²) in [6.45, 7) is 5.66. The number of carbonyl (C=O) groups excluding carboxylic acids is 2. The van der Waals surface area contributed by atoms with E-state index in [-0.39, 0.29) is 11.8 Å². The summed E-state index contributed by atoms with van der Waals surface area (Å²) in [5.74, 6) is 0.361. The van der Waals surface area contributed by atoms with Crippen LogP contribution in [0.1, 0.15) is 30.3 Å². The molecule has 1 N–H and O–H groups in total. The molecule has 1 aliphatic heterocycles. The zero-order valence-corrected chi connectivity index (χ0v) is 12.5. The van der Waals surface area contributed by atoms with E-state index in [4.69, 9.17) is 4.42 Å². The first-order valence-electron chi connectivity index (χ1n) is 7.53. The molecule has 2 amide bonds. The average molecular weight is 293 g/mol. The third-order valence-electron chi connectivity index (χ3n) is 3.63. The van der Waals surface area contributed by atoms with Gasteiger partial charge in [0.15, 0.2) is 5.76 Å². The lowest BCUT2D eigenvalue weighted by Crippen LogP contribution is -2.52. The van der Waals surface area contributed by atoms with Crippen LogP contribution in [0.5, 0.6) is 0 Å². The largest absolute Gasteiger partial charge is 0.459 e. The molecule has 1 saturated heterocycles. The summed E-state index contributed by atoms with van der Waals surface area (Å²) in [6, 6.07) is 3.37. The Hall–Kier alpha value is -1.82. The SMILES string of the molecule is CCCCNCC(=O)N1CCN(C(=O)c2ccco2)CC1. The molecule has 0 unspecified atom stereocenters. The number of carbonyl (C=O) groups is 2. The van der Waals surface area contributed by atoms with Gasteiger partial charge >= 0.3 is 0 Å². The molecule has 0 atom stereocenters. The van der Waals surface area contributed by atoms with Crippen LogP contribution in [0.2, 0.25) is 0 Å². The highest BCUT2D eigenvalue weighted by Gasteiger charge is 2.25. The highest BCUT2D eigenvalue weighted by molar-refractivity contribution is 5.91. The number of unbranched alkanes of at least 4 members (excludes halogenated alkanes) is 1. The molecule has 1 aromatic rings. The minimum Gasteiger partial charge on any atom is -0.459 e. The lowest BCUT2D eigenvalue weighted by Gasteiger charge is -2.34. The molecule has 6 nitrogen and oxygen atoms in total. The Morgan fingerprint density at radius 1 is 1.24 bits per heavy atom. The number of hydrogen-bond acceptors (Lipinski definition) is 4. The third kappa shape index (κ3) is 4.32. The van der Waals surface area contributed by atoms with Crippen LogP contribution in [0.25, 0.3) is 0 Å². The second-order valence-corrected chi connectivity index (χ2v) is 5.18. The van der Waals surface area contributed by atoms with Crippen molar-refractivity contribution in [3.8, 4) is 0 Å². The van der Waals surface area contributed by atoms with Crippen molar-refractivity contribution in [3.05, 3.63) is 24.2 Å². The zero-order valence-electron chi connectivity index (χ0n) is 12.5. The number of nitrogens with zero attached hydrogens (tertiary/aromatic N) is 2. The standard InChI is InChI=1S/C15H23N3O3/c1-2-3-6-16-12-14(19)17-7-9-18(10-8-17)15(20)13-5-4-11-21-13/h4-5,11,16H,2-3,6-10,12H2,1H3. The fraction of sp³-hybridized carbons (Fsp3) is 0.600. The highest BCUT2D eigenvalue weighted by atomic mass is 16.3. The Morgan fingerprint density at radius 2 is 1.95 bits per heavy atom. The zero-order chi connectivity index (χ0) is 15.1. The predicted octanol–water partition coefficient (Wildman–Crippen LogP) is 0.954. The van der Waals surface area contributed by atoms with Crippen LogP contribution < -0.4 is 5.32 Å². The lowest BCUT2D eigenvalue weighted by atomic mass is 10.2. The maximum Gasteiger partial charge on any atom is 0.289 e. The Kier molecular flexibility index (Phi) is 5.80. The van der Waals surface area contributed by atoms with Crippen molar-refractivity contribution < 1.29 is 14.0 Å². The van der Waals surface area contributed by atoms with E-state index >= 15 is 0 Å². The van der Waals surface area contributed by atoms with Crippen molar-refractivity contribution in [1.82, 2.24) is 15.1 Å². The predicted molar refractivity (Wildman–Crippen MR) is 79.0 cm³/mol. The highest BCUT2D eigenvalue weighted by Crippen LogP contribution is 2.09. The van der Waals surface area contributed by atoms with Gasteiger partial charge in [-0.05, 0) is 25.1 Å². The topological polar surface area (TPSA) is 65.8 Å². The molecule has 1 aliphatic rings. The van der Waals surface area contributed by atoms with Crippen LogP contribution in [0.3, 0.4) is 0 Å². The van der Waals surface area contributed by atoms with Crippen LogP contribution >= 0.6 is 0 Å². The van der Waals surface area contributed by atoms with Crippen molar-refractivity contribution in [2.45, 2.75) is 19.8 Å². The molecule has 0 aliphatic carbocycles. The number of amides is 2. The van der Waals surface area contributed by atoms with Gasteiger partial charge in [-0.2, -0.15) is 0 Å². The summed E-state index contributed by atoms with van der Waals surface area (Å²) in [6.07, 6.45) is 3.70. The minimum absolute atomic E-state index is 0.104. The molecule has 1 fully saturated rings. The van der Waals surface area contributed by atoms with E-state index in [1.807, 2.05) is 4.90 Å². The second kappa shape index (κ2) is 7.83. The van der Waals surface area contributed by atoms with Gasteiger partial charge in [-0.15, -0.1) is 0 Å². The van der Waals surface area contributed by atoms with Gasteiger partial charge in [0.2, 0.25) is 5.91 Å². The number of rotatable bonds is 6. The van der Waals surface area contributed by atoms with E-state index in [0.717, 1.165) is 19.4 Å². The van der Waals surface area contributed by atoms with Crippen molar-refractivity contribution in [3.63, 3.8) is 0 Å². The summed E-state index contributed by atoms with van der Waals surface area (Å²) in [7, 11) is 0. The Morgan fingerprint density at radius 3 is 2.57 bits per heavy atom. The number of piperazine rings is 1. The maximum absolute atomic E-state index is 12.1. The first kappa shape index (κ1) is 15.6. The molecule has 6 heteroatoms. The summed E-state index contributed by atoms with van der Waals surface area (Å²) >= 11 is 0. The molecular formula is C15H23N3O3. The van der Waals surface area contributed by atoms with Crippen LogP contribution in [0.15, 0.2) is 22.8 Å². The Labute approximate surface area is 125 Å². The molecular weight excluding hydrogens is 270 g/mol. The average Bonchev–Trinajstić information content (AvgIpc) is 3.05. The number of nitrogens with one attached hydrogen (secondary N) is 1. The molecule has 2 heterocycles. The Balaban J connectivity index is 1.72. The van der Waals surface area contributed by atoms with E-state index in [1.54, 1.807) is 17.0 Å². The van der Waals surface area contributed by atoms with E-state index in [1.165, 1.54) is 6.26 Å². The molecule has 0 bridgehead atoms. The van der Waals surface area contributed by atoms with Crippen LogP contribution in [0.4, 0.5) is 0 Å². The molecule has 116 valence electrons. The monoisotopic (exact) mass is 293 g/mol. The van der Waals surface area contributed by atoms with E-state index in [9.17, 15) is 9.59 Å². The van der Waals surface area contributed by atoms with Crippen LogP contribution in [-0.4, -0.2) is 60.9 Å². The van der Waals surface area contributed by atoms with Gasteiger partial charge in [0.1, 0.15) is 0 Å². The van der Waals surface area contributed by atoms with Gasteiger partial charge in [0, 0.05) is 26.2 Å². The van der Waals surface area contributed by atoms with Crippen molar-refractivity contribution in [2.75, 3.05) is 39.3 Å². The van der Waals surface area contributed by atoms with Gasteiger partial charge in [0.25, 0.3) is 5.91 Å². The summed E-state index contributed by atoms with van der Waals surface area (Å²) in [4.78, 5) is 27.6. The van der Waals surface area contributed by atoms with Gasteiger partial charge in [-0.3, -0.25) is 9.59 Å².